The van der Waals surface area contributed by atoms with Gasteiger partial charge in [0.2, 0.25) is 5.91 Å². The Labute approximate surface area is 208 Å². The van der Waals surface area contributed by atoms with E-state index in [0.717, 1.165) is 42.3 Å². The number of aromatic nitrogens is 1. The molecule has 0 bridgehead atoms. The van der Waals surface area contributed by atoms with E-state index in [-0.39, 0.29) is 5.91 Å². The second-order valence-electron chi connectivity index (χ2n) is 10.1. The molecular weight excluding hydrogens is 440 g/mol. The molecular formula is C28H40N4OS. The molecule has 4 rings (SSSR count). The van der Waals surface area contributed by atoms with Crippen molar-refractivity contribution >= 4 is 28.5 Å². The molecule has 0 spiro atoms. The zero-order chi connectivity index (χ0) is 23.9. The molecule has 2 aromatic rings. The lowest BCUT2D eigenvalue weighted by Crippen LogP contribution is -2.41. The predicted molar refractivity (Wildman–Crippen MR) is 143 cm³/mol. The number of rotatable bonds is 9. The molecule has 1 aromatic carbocycles. The van der Waals surface area contributed by atoms with Gasteiger partial charge in [0.1, 0.15) is 0 Å². The highest BCUT2D eigenvalue weighted by Gasteiger charge is 2.28. The van der Waals surface area contributed by atoms with Gasteiger partial charge in [-0.3, -0.25) is 4.79 Å². The third kappa shape index (κ3) is 6.92. The minimum absolute atomic E-state index is 0.0273. The summed E-state index contributed by atoms with van der Waals surface area (Å²) >= 11 is 1.68. The molecule has 6 heteroatoms. The SMILES string of the molecule is CCCN(CCC1CCC(NC(=O)/C=C/c2cccc(C)c2)CC1)[C@H]1CCc2nc(N)sc2C1. The number of carbonyl (C=O) groups is 1. The van der Waals surface area contributed by atoms with Crippen molar-refractivity contribution in [1.29, 1.82) is 0 Å². The molecule has 5 nitrogen and oxygen atoms in total. The van der Waals surface area contributed by atoms with Crippen molar-refractivity contribution < 1.29 is 4.79 Å². The number of fused-ring (bicyclic) bond motifs is 1. The Bertz CT molecular complexity index is 977. The van der Waals surface area contributed by atoms with E-state index in [2.05, 4.69) is 41.2 Å². The van der Waals surface area contributed by atoms with Gasteiger partial charge in [-0.1, -0.05) is 36.8 Å². The van der Waals surface area contributed by atoms with Crippen LogP contribution in [0, 0.1) is 12.8 Å². The van der Waals surface area contributed by atoms with Crippen molar-refractivity contribution in [3.05, 3.63) is 52.0 Å². The third-order valence-corrected chi connectivity index (χ3v) is 8.39. The first-order valence-electron chi connectivity index (χ1n) is 13.0. The van der Waals surface area contributed by atoms with Crippen LogP contribution in [0.15, 0.2) is 30.3 Å². The summed E-state index contributed by atoms with van der Waals surface area (Å²) in [7, 11) is 0. The molecule has 0 saturated heterocycles. The monoisotopic (exact) mass is 480 g/mol. The normalized spacial score (nSPS) is 22.7. The zero-order valence-electron chi connectivity index (χ0n) is 20.8. The topological polar surface area (TPSA) is 71.2 Å². The number of nitrogens with two attached hydrogens (primary N) is 1. The van der Waals surface area contributed by atoms with Crippen LogP contribution in [-0.2, 0) is 17.6 Å². The van der Waals surface area contributed by atoms with Gasteiger partial charge in [-0.15, -0.1) is 11.3 Å². The minimum Gasteiger partial charge on any atom is -0.375 e. The van der Waals surface area contributed by atoms with Crippen molar-refractivity contribution in [2.24, 2.45) is 5.92 Å². The fraction of sp³-hybridized carbons (Fsp3) is 0.571. The summed E-state index contributed by atoms with van der Waals surface area (Å²) < 4.78 is 0. The fourth-order valence-electron chi connectivity index (χ4n) is 5.59. The van der Waals surface area contributed by atoms with Crippen LogP contribution in [-0.4, -0.2) is 41.0 Å². The maximum Gasteiger partial charge on any atom is 0.244 e. The lowest BCUT2D eigenvalue weighted by atomic mass is 9.83. The van der Waals surface area contributed by atoms with Crippen LogP contribution in [0.1, 0.15) is 73.6 Å². The Morgan fingerprint density at radius 3 is 2.82 bits per heavy atom. The molecule has 0 radical (unpaired) electrons. The van der Waals surface area contributed by atoms with Gasteiger partial charge in [-0.2, -0.15) is 0 Å². The summed E-state index contributed by atoms with van der Waals surface area (Å²) in [6, 6.07) is 9.16. The van der Waals surface area contributed by atoms with Crippen LogP contribution in [0.5, 0.6) is 0 Å². The number of hydrogen-bond acceptors (Lipinski definition) is 5. The second kappa shape index (κ2) is 12.0. The lowest BCUT2D eigenvalue weighted by Gasteiger charge is -2.36. The van der Waals surface area contributed by atoms with Crippen molar-refractivity contribution in [1.82, 2.24) is 15.2 Å². The Balaban J connectivity index is 1.20. The average molecular weight is 481 g/mol. The number of thiazole rings is 1. The Kier molecular flexibility index (Phi) is 8.79. The number of anilines is 1. The van der Waals surface area contributed by atoms with Gasteiger partial charge in [0.15, 0.2) is 5.13 Å². The maximum absolute atomic E-state index is 12.4. The Morgan fingerprint density at radius 2 is 2.06 bits per heavy atom. The number of nitrogens with zero attached hydrogens (tertiary/aromatic N) is 2. The van der Waals surface area contributed by atoms with Crippen LogP contribution >= 0.6 is 11.3 Å². The lowest BCUT2D eigenvalue weighted by molar-refractivity contribution is -0.117. The highest BCUT2D eigenvalue weighted by molar-refractivity contribution is 7.15. The molecule has 1 saturated carbocycles. The molecule has 0 aliphatic heterocycles. The molecule has 2 aliphatic rings. The van der Waals surface area contributed by atoms with E-state index in [9.17, 15) is 4.79 Å². The Hall–Kier alpha value is -2.18. The van der Waals surface area contributed by atoms with Gasteiger partial charge in [0.05, 0.1) is 5.69 Å². The number of amides is 1. The number of nitrogen functional groups attached to an aromatic ring is 1. The predicted octanol–water partition coefficient (Wildman–Crippen LogP) is 5.38. The van der Waals surface area contributed by atoms with E-state index in [1.165, 1.54) is 61.3 Å². The van der Waals surface area contributed by atoms with Gasteiger partial charge in [-0.25, -0.2) is 4.98 Å². The van der Waals surface area contributed by atoms with Crippen LogP contribution in [0.3, 0.4) is 0 Å². The summed E-state index contributed by atoms with van der Waals surface area (Å²) in [5, 5.41) is 3.95. The summed E-state index contributed by atoms with van der Waals surface area (Å²) in [6.45, 7) is 6.71. The van der Waals surface area contributed by atoms with Crippen LogP contribution < -0.4 is 11.1 Å². The maximum atomic E-state index is 12.4. The third-order valence-electron chi connectivity index (χ3n) is 7.44. The minimum atomic E-state index is 0.0273. The second-order valence-corrected chi connectivity index (χ2v) is 11.2. The van der Waals surface area contributed by atoms with Crippen molar-refractivity contribution in [3.8, 4) is 0 Å². The molecule has 2 aliphatic carbocycles. The number of aryl methyl sites for hydroxylation is 2. The Morgan fingerprint density at radius 1 is 1.24 bits per heavy atom. The molecule has 3 N–H and O–H groups in total. The van der Waals surface area contributed by atoms with Crippen molar-refractivity contribution in [2.75, 3.05) is 18.8 Å². The van der Waals surface area contributed by atoms with Crippen molar-refractivity contribution in [2.45, 2.75) is 83.7 Å². The van der Waals surface area contributed by atoms with E-state index in [4.69, 9.17) is 5.73 Å². The van der Waals surface area contributed by atoms with Crippen molar-refractivity contribution in [3.63, 3.8) is 0 Å². The molecule has 1 aromatic heterocycles. The fourth-order valence-corrected chi connectivity index (χ4v) is 6.54. The summed E-state index contributed by atoms with van der Waals surface area (Å²) in [6.07, 6.45) is 14.0. The molecule has 1 atom stereocenters. The van der Waals surface area contributed by atoms with Crippen LogP contribution in [0.4, 0.5) is 5.13 Å². The van der Waals surface area contributed by atoms with Gasteiger partial charge >= 0.3 is 0 Å². The molecule has 1 amide bonds. The smallest absolute Gasteiger partial charge is 0.244 e. The first-order chi connectivity index (χ1) is 16.5. The van der Waals surface area contributed by atoms with E-state index >= 15 is 0 Å². The first-order valence-corrected chi connectivity index (χ1v) is 13.8. The van der Waals surface area contributed by atoms with Gasteiger partial charge in [-0.05, 0) is 95.4 Å². The van der Waals surface area contributed by atoms with E-state index in [1.54, 1.807) is 17.4 Å². The molecule has 1 heterocycles. The van der Waals surface area contributed by atoms with E-state index in [0.29, 0.717) is 12.1 Å². The largest absolute Gasteiger partial charge is 0.375 e. The number of benzene rings is 1. The standard InChI is InChI=1S/C28H40N4OS/c1-3-16-32(24-12-13-25-26(19-24)34-28(29)31-25)17-15-21-7-10-23(11-8-21)30-27(33)14-9-22-6-4-5-20(2)18-22/h4-6,9,14,18,21,23-24H,3,7-8,10-13,15-17,19H2,1-2H3,(H2,29,31)(H,30,33)/b14-9+/t21?,23?,24-/m0/s1. The van der Waals surface area contributed by atoms with E-state index in [1.807, 2.05) is 18.2 Å². The zero-order valence-corrected chi connectivity index (χ0v) is 21.6. The average Bonchev–Trinajstić information content (AvgIpc) is 3.20. The first kappa shape index (κ1) is 24.9. The molecule has 1 fully saturated rings. The quantitative estimate of drug-likeness (QED) is 0.473. The summed E-state index contributed by atoms with van der Waals surface area (Å²) in [5.74, 6) is 0.799. The highest BCUT2D eigenvalue weighted by atomic mass is 32.1. The molecule has 0 unspecified atom stereocenters. The summed E-state index contributed by atoms with van der Waals surface area (Å²) in [4.78, 5) is 21.0. The number of carbonyl (C=O) groups excluding carboxylic acids is 1. The van der Waals surface area contributed by atoms with Crippen LogP contribution in [0.2, 0.25) is 0 Å². The van der Waals surface area contributed by atoms with Gasteiger partial charge in [0, 0.05) is 23.0 Å². The number of nitrogens with one attached hydrogen (secondary N) is 1. The molecule has 34 heavy (non-hydrogen) atoms. The van der Waals surface area contributed by atoms with E-state index < -0.39 is 0 Å². The number of hydrogen-bond donors (Lipinski definition) is 2. The van der Waals surface area contributed by atoms with Gasteiger partial charge in [0.25, 0.3) is 0 Å². The van der Waals surface area contributed by atoms with Gasteiger partial charge < -0.3 is 16.0 Å². The highest BCUT2D eigenvalue weighted by Crippen LogP contribution is 2.32. The molecule has 184 valence electrons. The summed E-state index contributed by atoms with van der Waals surface area (Å²) in [5.41, 5.74) is 9.47. The van der Waals surface area contributed by atoms with Crippen LogP contribution in [0.25, 0.3) is 6.08 Å².